The highest BCUT2D eigenvalue weighted by molar-refractivity contribution is 7.15. The van der Waals surface area contributed by atoms with Gasteiger partial charge in [0.2, 0.25) is 0 Å². The lowest BCUT2D eigenvalue weighted by Gasteiger charge is -2.06. The van der Waals surface area contributed by atoms with E-state index in [2.05, 4.69) is 20.3 Å². The number of hydrogen-bond acceptors (Lipinski definition) is 5. The van der Waals surface area contributed by atoms with E-state index in [0.717, 1.165) is 16.2 Å². The number of imidazole rings is 1. The predicted octanol–water partition coefficient (Wildman–Crippen LogP) is 3.41. The van der Waals surface area contributed by atoms with Crippen LogP contribution >= 0.6 is 11.3 Å². The Hall–Kier alpha value is -3.06. The van der Waals surface area contributed by atoms with Gasteiger partial charge in [0.15, 0.2) is 4.96 Å². The molecule has 0 aliphatic heterocycles. The van der Waals surface area contributed by atoms with Crippen LogP contribution in [0.4, 0.5) is 5.69 Å². The van der Waals surface area contributed by atoms with Gasteiger partial charge in [-0.3, -0.25) is 14.2 Å². The van der Waals surface area contributed by atoms with Crippen LogP contribution in [0.3, 0.4) is 0 Å². The summed E-state index contributed by atoms with van der Waals surface area (Å²) in [7, 11) is 0. The maximum Gasteiger partial charge on any atom is 0.275 e. The molecule has 0 aliphatic rings. The molecule has 1 N–H and O–H groups in total. The molecule has 0 bridgehead atoms. The van der Waals surface area contributed by atoms with E-state index in [9.17, 15) is 4.79 Å². The van der Waals surface area contributed by atoms with Crippen molar-refractivity contribution in [3.05, 3.63) is 65.8 Å². The molecule has 0 saturated carbocycles. The van der Waals surface area contributed by atoms with E-state index in [1.165, 1.54) is 6.20 Å². The first kappa shape index (κ1) is 14.5. The second-order valence-corrected chi connectivity index (χ2v) is 6.17. The minimum atomic E-state index is -0.283. The normalized spacial score (nSPS) is 10.9. The standard InChI is InChI=1S/C17H13N5OS/c1-11-8-18-9-14(19-11)16(23)20-13-4-2-3-12(7-13)15-10-22-5-6-24-17(22)21-15/h2-10H,1H3,(H,20,23). The van der Waals surface area contributed by atoms with Crippen molar-refractivity contribution < 1.29 is 4.79 Å². The van der Waals surface area contributed by atoms with Crippen molar-refractivity contribution in [2.45, 2.75) is 6.92 Å². The van der Waals surface area contributed by atoms with Crippen LogP contribution in [-0.4, -0.2) is 25.3 Å². The van der Waals surface area contributed by atoms with Crippen molar-refractivity contribution in [1.82, 2.24) is 19.4 Å². The molecular formula is C17H13N5OS. The molecule has 0 aliphatic carbocycles. The Morgan fingerprint density at radius 1 is 1.25 bits per heavy atom. The Morgan fingerprint density at radius 2 is 2.17 bits per heavy atom. The van der Waals surface area contributed by atoms with Gasteiger partial charge in [-0.25, -0.2) is 9.97 Å². The zero-order chi connectivity index (χ0) is 16.5. The van der Waals surface area contributed by atoms with Gasteiger partial charge in [0.25, 0.3) is 5.91 Å². The summed E-state index contributed by atoms with van der Waals surface area (Å²) in [5.41, 5.74) is 3.50. The lowest BCUT2D eigenvalue weighted by Crippen LogP contribution is -2.14. The number of fused-ring (bicyclic) bond motifs is 1. The average Bonchev–Trinajstić information content (AvgIpc) is 3.17. The molecule has 4 rings (SSSR count). The van der Waals surface area contributed by atoms with Gasteiger partial charge in [-0.2, -0.15) is 0 Å². The molecular weight excluding hydrogens is 322 g/mol. The van der Waals surface area contributed by atoms with Crippen molar-refractivity contribution >= 4 is 27.9 Å². The molecule has 1 amide bonds. The maximum atomic E-state index is 12.3. The van der Waals surface area contributed by atoms with Crippen LogP contribution < -0.4 is 5.32 Å². The third-order valence-electron chi connectivity index (χ3n) is 3.50. The first-order valence-electron chi connectivity index (χ1n) is 7.32. The van der Waals surface area contributed by atoms with E-state index >= 15 is 0 Å². The minimum absolute atomic E-state index is 0.283. The van der Waals surface area contributed by atoms with Gasteiger partial charge in [0.1, 0.15) is 5.69 Å². The number of rotatable bonds is 3. The zero-order valence-electron chi connectivity index (χ0n) is 12.8. The number of aromatic nitrogens is 4. The minimum Gasteiger partial charge on any atom is -0.321 e. The summed E-state index contributed by atoms with van der Waals surface area (Å²) >= 11 is 1.58. The van der Waals surface area contributed by atoms with Crippen LogP contribution in [0.5, 0.6) is 0 Å². The summed E-state index contributed by atoms with van der Waals surface area (Å²) in [6, 6.07) is 7.59. The van der Waals surface area contributed by atoms with Crippen molar-refractivity contribution in [3.8, 4) is 11.3 Å². The molecule has 24 heavy (non-hydrogen) atoms. The number of aryl methyl sites for hydroxylation is 1. The molecule has 3 heterocycles. The number of benzene rings is 1. The molecule has 0 saturated heterocycles. The third-order valence-corrected chi connectivity index (χ3v) is 4.27. The number of anilines is 1. The van der Waals surface area contributed by atoms with Crippen LogP contribution in [0.25, 0.3) is 16.2 Å². The van der Waals surface area contributed by atoms with Crippen molar-refractivity contribution in [3.63, 3.8) is 0 Å². The summed E-state index contributed by atoms with van der Waals surface area (Å²) < 4.78 is 1.98. The molecule has 0 fully saturated rings. The van der Waals surface area contributed by atoms with Crippen molar-refractivity contribution in [2.24, 2.45) is 0 Å². The number of hydrogen-bond donors (Lipinski definition) is 1. The Morgan fingerprint density at radius 3 is 3.00 bits per heavy atom. The maximum absolute atomic E-state index is 12.3. The van der Waals surface area contributed by atoms with Crippen LogP contribution in [0.1, 0.15) is 16.2 Å². The molecule has 4 aromatic rings. The Balaban J connectivity index is 1.60. The van der Waals surface area contributed by atoms with Crippen LogP contribution in [0.15, 0.2) is 54.4 Å². The van der Waals surface area contributed by atoms with Gasteiger partial charge >= 0.3 is 0 Å². The molecule has 0 radical (unpaired) electrons. The summed E-state index contributed by atoms with van der Waals surface area (Å²) in [4.78, 5) is 26.0. The number of nitrogens with zero attached hydrogens (tertiary/aromatic N) is 4. The highest BCUT2D eigenvalue weighted by Gasteiger charge is 2.10. The number of thiazole rings is 1. The molecule has 0 spiro atoms. The predicted molar refractivity (Wildman–Crippen MR) is 93.2 cm³/mol. The lowest BCUT2D eigenvalue weighted by molar-refractivity contribution is 0.102. The van der Waals surface area contributed by atoms with Gasteiger partial charge in [-0.05, 0) is 19.1 Å². The van der Waals surface area contributed by atoms with Gasteiger partial charge in [0.05, 0.1) is 17.6 Å². The van der Waals surface area contributed by atoms with E-state index in [1.54, 1.807) is 24.5 Å². The van der Waals surface area contributed by atoms with Crippen molar-refractivity contribution in [2.75, 3.05) is 5.32 Å². The molecule has 1 aromatic carbocycles. The summed E-state index contributed by atoms with van der Waals surface area (Å²) in [6.45, 7) is 1.80. The first-order valence-corrected chi connectivity index (χ1v) is 8.20. The molecule has 0 atom stereocenters. The Labute approximate surface area is 141 Å². The highest BCUT2D eigenvalue weighted by Crippen LogP contribution is 2.24. The van der Waals surface area contributed by atoms with E-state index in [4.69, 9.17) is 0 Å². The van der Waals surface area contributed by atoms with Gasteiger partial charge in [-0.15, -0.1) is 11.3 Å². The van der Waals surface area contributed by atoms with E-state index < -0.39 is 0 Å². The topological polar surface area (TPSA) is 72.2 Å². The second kappa shape index (κ2) is 5.86. The smallest absolute Gasteiger partial charge is 0.275 e. The highest BCUT2D eigenvalue weighted by atomic mass is 32.1. The largest absolute Gasteiger partial charge is 0.321 e. The number of nitrogens with one attached hydrogen (secondary N) is 1. The second-order valence-electron chi connectivity index (χ2n) is 5.30. The average molecular weight is 335 g/mol. The van der Waals surface area contributed by atoms with Crippen LogP contribution in [0.2, 0.25) is 0 Å². The third kappa shape index (κ3) is 2.77. The molecule has 118 valence electrons. The van der Waals surface area contributed by atoms with E-state index in [-0.39, 0.29) is 5.91 Å². The Bertz CT molecular complexity index is 1010. The zero-order valence-corrected chi connectivity index (χ0v) is 13.6. The van der Waals surface area contributed by atoms with Gasteiger partial charge in [0, 0.05) is 35.2 Å². The van der Waals surface area contributed by atoms with Gasteiger partial charge in [-0.1, -0.05) is 12.1 Å². The SMILES string of the molecule is Cc1cncc(C(=O)Nc2cccc(-c3cn4ccsc4n3)c2)n1. The van der Waals surface area contributed by atoms with Gasteiger partial charge < -0.3 is 5.32 Å². The van der Waals surface area contributed by atoms with Crippen molar-refractivity contribution in [1.29, 1.82) is 0 Å². The van der Waals surface area contributed by atoms with E-state index in [0.29, 0.717) is 17.1 Å². The number of carbonyl (C=O) groups excluding carboxylic acids is 1. The summed E-state index contributed by atoms with van der Waals surface area (Å²) in [6.07, 6.45) is 7.01. The first-order chi connectivity index (χ1) is 11.7. The number of amides is 1. The molecule has 7 heteroatoms. The quantitative estimate of drug-likeness (QED) is 0.623. The molecule has 3 aromatic heterocycles. The summed E-state index contributed by atoms with van der Waals surface area (Å²) in [5.74, 6) is -0.283. The molecule has 6 nitrogen and oxygen atoms in total. The van der Waals surface area contributed by atoms with Crippen LogP contribution in [-0.2, 0) is 0 Å². The fourth-order valence-corrected chi connectivity index (χ4v) is 3.09. The fraction of sp³-hybridized carbons (Fsp3) is 0.0588. The summed E-state index contributed by atoms with van der Waals surface area (Å²) in [5, 5.41) is 4.84. The monoisotopic (exact) mass is 335 g/mol. The number of carbonyl (C=O) groups is 1. The molecule has 0 unspecified atom stereocenters. The van der Waals surface area contributed by atoms with E-state index in [1.807, 2.05) is 46.4 Å². The Kier molecular flexibility index (Phi) is 3.55. The van der Waals surface area contributed by atoms with Crippen LogP contribution in [0, 0.1) is 6.92 Å². The fourth-order valence-electron chi connectivity index (χ4n) is 2.39. The lowest BCUT2D eigenvalue weighted by atomic mass is 10.1.